The highest BCUT2D eigenvalue weighted by Crippen LogP contribution is 2.71. The molecular weight excluding hydrogens is 1440 g/mol. The number of H-pyrrole nitrogens is 1. The van der Waals surface area contributed by atoms with Gasteiger partial charge in [0.1, 0.15) is 28.7 Å². The van der Waals surface area contributed by atoms with Gasteiger partial charge < -0.3 is 29.6 Å². The fraction of sp³-hybridized carbons (Fsp3) is 0.323. The van der Waals surface area contributed by atoms with Gasteiger partial charge in [-0.15, -0.1) is 50.0 Å². The van der Waals surface area contributed by atoms with Crippen LogP contribution in [0.3, 0.4) is 0 Å². The molecule has 0 radical (unpaired) electrons. The zero-order valence-corrected chi connectivity index (χ0v) is 63.8. The van der Waals surface area contributed by atoms with Gasteiger partial charge in [0, 0.05) is 106 Å². The Morgan fingerprint density at radius 2 is 0.947 bits per heavy atom. The van der Waals surface area contributed by atoms with E-state index in [2.05, 4.69) is 37.1 Å². The number of hydrogen-bond acceptors (Lipinski definition) is 11. The molecule has 16 nitrogen and oxygen atoms in total. The Morgan fingerprint density at radius 1 is 0.568 bits per heavy atom. The van der Waals surface area contributed by atoms with Gasteiger partial charge in [-0.05, 0) is 148 Å². The van der Waals surface area contributed by atoms with Crippen molar-refractivity contribution in [3.63, 3.8) is 0 Å². The Hall–Kier alpha value is -4.90. The molecule has 6 aromatic carbocycles. The molecule has 4 atom stereocenters. The quantitative estimate of drug-likeness (QED) is 0.0912. The lowest BCUT2D eigenvalue weighted by Gasteiger charge is -2.30. The van der Waals surface area contributed by atoms with E-state index in [0.29, 0.717) is 72.3 Å². The number of benzene rings is 6. The molecule has 0 spiro atoms. The highest BCUT2D eigenvalue weighted by Gasteiger charge is 2.35. The summed E-state index contributed by atoms with van der Waals surface area (Å²) in [7, 11) is 3.05. The molecule has 0 fully saturated rings. The molecule has 2 amide bonds. The standard InChI is InChI=1S/C23H25FN2O4S.C18H17FN2O2S.C16H19FN2O2.C7H7ClO2S.CH2Cl2.H7P5/c1-15-8-10-16(11-9-15)31(28,29)26-19-12-13-25(22(27)30-23(2,3)4)14-17(19)21-18(24)6-5-7-20(21)26;1-12-5-7-13(8-6-12)24(22,23)21-16-9-10-20-11-14(16)18-15(19)3-2-4-17(18)21;1-16(2,3)21-15(20)19-8-7-12-10(9-19)14-11(17)5-4-6-13(14)18-12;1-6-2-4-7(5-3-6)11(8,9)10;2-1-3;1-4-5(2)3/h5-11H,12-14H2,1-4H3;2-8,20H,9-11H2,1H3;4-6,18H,7-9H2,1-3H3;2-5H,1H3;1H2;4H,1-3H2. The maximum Gasteiger partial charge on any atom is 0.410 e. The summed E-state index contributed by atoms with van der Waals surface area (Å²) in [5, 5.41) is 4.60. The molecule has 4 unspecified atom stereocenters. The number of aromatic amines is 1. The minimum Gasteiger partial charge on any atom is -0.444 e. The lowest BCUT2D eigenvalue weighted by Crippen LogP contribution is -2.40. The van der Waals surface area contributed by atoms with E-state index in [-0.39, 0.29) is 75.2 Å². The molecule has 3 aromatic heterocycles. The molecule has 9 aromatic rings. The molecule has 95 heavy (non-hydrogen) atoms. The average molecular weight is 1520 g/mol. The fourth-order valence-electron chi connectivity index (χ4n) is 10.7. The summed E-state index contributed by atoms with van der Waals surface area (Å²) < 4.78 is 132. The number of ether oxygens (including phenoxy) is 2. The van der Waals surface area contributed by atoms with Gasteiger partial charge >= 0.3 is 12.2 Å². The summed E-state index contributed by atoms with van der Waals surface area (Å²) in [6, 6.07) is 33.7. The third kappa shape index (κ3) is 19.5. The van der Waals surface area contributed by atoms with Gasteiger partial charge in [-0.2, -0.15) is 0 Å². The first-order valence-electron chi connectivity index (χ1n) is 29.6. The summed E-state index contributed by atoms with van der Waals surface area (Å²) in [4.78, 5) is 31.6. The lowest BCUT2D eigenvalue weighted by atomic mass is 10.0. The molecule has 12 rings (SSSR count). The normalized spacial score (nSPS) is 14.0. The summed E-state index contributed by atoms with van der Waals surface area (Å²) in [6.45, 7) is 19.2. The number of nitrogens with one attached hydrogen (secondary N) is 2. The number of carbonyl (C=O) groups is 2. The molecule has 0 saturated heterocycles. The average Bonchev–Trinajstić information content (AvgIpc) is 1.59. The van der Waals surface area contributed by atoms with Crippen LogP contribution in [0.25, 0.3) is 32.7 Å². The lowest BCUT2D eigenvalue weighted by molar-refractivity contribution is 0.0214. The third-order valence-corrected chi connectivity index (χ3v) is 31.7. The Bertz CT molecular complexity index is 4570. The van der Waals surface area contributed by atoms with Gasteiger partial charge in [0.2, 0.25) is 0 Å². The highest BCUT2D eigenvalue weighted by atomic mass is 35.7. The van der Waals surface area contributed by atoms with Crippen molar-refractivity contribution in [3.05, 3.63) is 195 Å². The van der Waals surface area contributed by atoms with Crippen molar-refractivity contribution >= 4 is 150 Å². The van der Waals surface area contributed by atoms with Crippen LogP contribution >= 0.6 is 75.6 Å². The Kier molecular flexibility index (Phi) is 26.8. The number of aromatic nitrogens is 3. The van der Waals surface area contributed by atoms with Crippen LogP contribution in [0.5, 0.6) is 0 Å². The molecule has 0 bridgehead atoms. The van der Waals surface area contributed by atoms with E-state index in [4.69, 9.17) is 43.4 Å². The summed E-state index contributed by atoms with van der Waals surface area (Å²) in [5.74, 6) is -1.15. The molecular formula is C65H77Cl3F3N6O10P5S3. The van der Waals surface area contributed by atoms with Gasteiger partial charge in [-0.25, -0.2) is 56.0 Å². The van der Waals surface area contributed by atoms with Crippen LogP contribution in [0.2, 0.25) is 0 Å². The van der Waals surface area contributed by atoms with Crippen LogP contribution < -0.4 is 5.32 Å². The highest BCUT2D eigenvalue weighted by molar-refractivity contribution is 8.77. The second kappa shape index (κ2) is 32.8. The van der Waals surface area contributed by atoms with Crippen LogP contribution in [-0.2, 0) is 77.5 Å². The number of rotatable bonds is 6. The maximum atomic E-state index is 14.9. The van der Waals surface area contributed by atoms with E-state index in [9.17, 15) is 48.0 Å². The Balaban J connectivity index is 0.000000179. The van der Waals surface area contributed by atoms with Gasteiger partial charge in [-0.1, -0.05) is 79.2 Å². The number of nitrogens with zero attached hydrogens (tertiary/aromatic N) is 4. The summed E-state index contributed by atoms with van der Waals surface area (Å²) >= 11 is 9.53. The molecule has 0 saturated carbocycles. The second-order valence-electron chi connectivity index (χ2n) is 24.1. The fourth-order valence-corrected chi connectivity index (χ4v) is 14.6. The van der Waals surface area contributed by atoms with Crippen molar-refractivity contribution in [2.24, 2.45) is 0 Å². The molecule has 6 heterocycles. The van der Waals surface area contributed by atoms with Crippen molar-refractivity contribution in [1.29, 1.82) is 0 Å². The van der Waals surface area contributed by atoms with Crippen LogP contribution in [-0.4, -0.2) is 96.3 Å². The van der Waals surface area contributed by atoms with Gasteiger partial charge in [0.15, 0.2) is 0 Å². The molecule has 2 N–H and O–H groups in total. The topological polar surface area (TPSA) is 199 Å². The summed E-state index contributed by atoms with van der Waals surface area (Å²) in [5.41, 5.74) is 7.51. The Labute approximate surface area is 578 Å². The largest absolute Gasteiger partial charge is 0.444 e. The first-order valence-corrected chi connectivity index (χ1v) is 44.1. The number of aryl methyl sites for hydroxylation is 3. The minimum atomic E-state index is -3.95. The zero-order valence-electron chi connectivity index (χ0n) is 53.7. The number of fused-ring (bicyclic) bond motifs is 9. The van der Waals surface area contributed by atoms with Gasteiger partial charge in [0.05, 0.1) is 44.1 Å². The second-order valence-corrected chi connectivity index (χ2v) is 45.0. The Morgan fingerprint density at radius 3 is 1.37 bits per heavy atom. The monoisotopic (exact) mass is 1510 g/mol. The number of halogens is 6. The van der Waals surface area contributed by atoms with Crippen molar-refractivity contribution in [2.45, 2.75) is 127 Å². The molecule has 3 aliphatic rings. The first-order chi connectivity index (χ1) is 44.5. The van der Waals surface area contributed by atoms with Crippen molar-refractivity contribution in [1.82, 2.24) is 28.0 Å². The summed E-state index contributed by atoms with van der Waals surface area (Å²) in [6.07, 6.45) is 0.654. The SMILES string of the molecule is CC(C)(C)OC(=O)N1CCc2[nH]c3cccc(F)c3c2C1.Cc1ccc(S(=O)(=O)Cl)cc1.Cc1ccc(S(=O)(=O)n2c3c(c4c(F)cccc42)CN(C(=O)OC(C)(C)C)CC3)cc1.Cc1ccc(S(=O)(=O)n2c3c(c4c(F)cccc42)CNCC3)cc1.ClCCl.PPP(P)P. The number of hydrogen-bond donors (Lipinski definition) is 2. The minimum absolute atomic E-state index is 0.0814. The van der Waals surface area contributed by atoms with Crippen LogP contribution in [0.1, 0.15) is 92.0 Å². The molecule has 3 aliphatic heterocycles. The van der Waals surface area contributed by atoms with Crippen LogP contribution in [0.15, 0.2) is 142 Å². The molecule has 30 heteroatoms. The predicted octanol–water partition coefficient (Wildman–Crippen LogP) is 17.0. The number of alkyl halides is 2. The predicted molar refractivity (Wildman–Crippen MR) is 391 cm³/mol. The van der Waals surface area contributed by atoms with E-state index in [1.165, 1.54) is 49.2 Å². The van der Waals surface area contributed by atoms with Gasteiger partial charge in [0.25, 0.3) is 29.1 Å². The maximum absolute atomic E-state index is 14.9. The van der Waals surface area contributed by atoms with Crippen molar-refractivity contribution in [2.75, 3.05) is 25.0 Å². The van der Waals surface area contributed by atoms with E-state index >= 15 is 0 Å². The first kappa shape index (κ1) is 77.5. The third-order valence-electron chi connectivity index (χ3n) is 14.8. The van der Waals surface area contributed by atoms with E-state index in [1.54, 1.807) is 111 Å². The van der Waals surface area contributed by atoms with E-state index < -0.39 is 52.2 Å². The van der Waals surface area contributed by atoms with Crippen molar-refractivity contribution in [3.8, 4) is 0 Å². The van der Waals surface area contributed by atoms with Crippen LogP contribution in [0, 0.1) is 38.2 Å². The number of carbonyl (C=O) groups excluding carboxylic acids is 2. The van der Waals surface area contributed by atoms with Crippen molar-refractivity contribution < 1.29 is 57.5 Å². The van der Waals surface area contributed by atoms with Gasteiger partial charge in [-0.3, -0.25) is 0 Å². The van der Waals surface area contributed by atoms with E-state index in [1.807, 2.05) is 47.6 Å². The molecule has 0 aliphatic carbocycles. The zero-order chi connectivity index (χ0) is 70.1. The molecule has 512 valence electrons. The van der Waals surface area contributed by atoms with E-state index in [0.717, 1.165) is 47.0 Å². The number of amides is 2. The smallest absolute Gasteiger partial charge is 0.410 e. The van der Waals surface area contributed by atoms with Crippen LogP contribution in [0.4, 0.5) is 22.8 Å².